The zero-order chi connectivity index (χ0) is 14.9. The average molecular weight is 373 g/mol. The molecule has 1 atom stereocenters. The molecule has 5 heteroatoms. The first-order chi connectivity index (χ1) is 10.1. The molecule has 0 aromatic carbocycles. The predicted octanol–water partition coefficient (Wildman–Crippen LogP) is 3.59. The SMILES string of the molecule is CC(C)(CNC1CCCc2sc(Br)cc21)N1CCOCC1. The van der Waals surface area contributed by atoms with E-state index in [9.17, 15) is 0 Å². The second kappa shape index (κ2) is 6.67. The molecule has 2 heterocycles. The fraction of sp³-hybridized carbons (Fsp3) is 0.750. The monoisotopic (exact) mass is 372 g/mol. The molecule has 1 saturated heterocycles. The van der Waals surface area contributed by atoms with Crippen LogP contribution in [0.25, 0.3) is 0 Å². The maximum absolute atomic E-state index is 5.47. The van der Waals surface area contributed by atoms with Crippen molar-refractivity contribution in [1.82, 2.24) is 10.2 Å². The van der Waals surface area contributed by atoms with Crippen LogP contribution in [0.4, 0.5) is 0 Å². The van der Waals surface area contributed by atoms with E-state index >= 15 is 0 Å². The van der Waals surface area contributed by atoms with Gasteiger partial charge in [-0.25, -0.2) is 0 Å². The van der Waals surface area contributed by atoms with Gasteiger partial charge in [-0.1, -0.05) is 0 Å². The fourth-order valence-corrected chi connectivity index (χ4v) is 5.21. The summed E-state index contributed by atoms with van der Waals surface area (Å²) in [6.45, 7) is 9.56. The van der Waals surface area contributed by atoms with Gasteiger partial charge in [0.15, 0.2) is 0 Å². The highest BCUT2D eigenvalue weighted by Crippen LogP contribution is 2.38. The summed E-state index contributed by atoms with van der Waals surface area (Å²) in [5.74, 6) is 0. The molecule has 1 aromatic rings. The van der Waals surface area contributed by atoms with E-state index in [1.54, 1.807) is 4.88 Å². The van der Waals surface area contributed by atoms with Crippen LogP contribution in [0.1, 0.15) is 43.2 Å². The molecule has 2 aliphatic rings. The summed E-state index contributed by atoms with van der Waals surface area (Å²) in [6.07, 6.45) is 3.81. The third kappa shape index (κ3) is 3.70. The van der Waals surface area contributed by atoms with Crippen LogP contribution in [0, 0.1) is 0 Å². The van der Waals surface area contributed by atoms with E-state index in [-0.39, 0.29) is 5.54 Å². The summed E-state index contributed by atoms with van der Waals surface area (Å²) in [5.41, 5.74) is 1.71. The van der Waals surface area contributed by atoms with Gasteiger partial charge in [0.1, 0.15) is 0 Å². The van der Waals surface area contributed by atoms with E-state index in [0.717, 1.165) is 32.8 Å². The number of fused-ring (bicyclic) bond motifs is 1. The lowest BCUT2D eigenvalue weighted by atomic mass is 9.92. The number of ether oxygens (including phenoxy) is 1. The second-order valence-corrected chi connectivity index (χ2v) is 9.18. The Balaban J connectivity index is 1.62. The zero-order valence-corrected chi connectivity index (χ0v) is 15.4. The number of hydrogen-bond donors (Lipinski definition) is 1. The largest absolute Gasteiger partial charge is 0.379 e. The highest BCUT2D eigenvalue weighted by atomic mass is 79.9. The van der Waals surface area contributed by atoms with Crippen molar-refractivity contribution < 1.29 is 4.74 Å². The molecule has 0 saturated carbocycles. The minimum Gasteiger partial charge on any atom is -0.379 e. The molecular formula is C16H25BrN2OS. The molecule has 1 aromatic heterocycles. The van der Waals surface area contributed by atoms with E-state index in [2.05, 4.69) is 46.1 Å². The first-order valence-corrected chi connectivity index (χ1v) is 9.51. The molecule has 0 amide bonds. The van der Waals surface area contributed by atoms with Crippen LogP contribution in [0.2, 0.25) is 0 Å². The minimum atomic E-state index is 0.189. The highest BCUT2D eigenvalue weighted by Gasteiger charge is 2.30. The number of nitrogens with zero attached hydrogens (tertiary/aromatic N) is 1. The van der Waals surface area contributed by atoms with Gasteiger partial charge in [-0.15, -0.1) is 11.3 Å². The number of morpholine rings is 1. The molecule has 0 radical (unpaired) electrons. The zero-order valence-electron chi connectivity index (χ0n) is 13.0. The van der Waals surface area contributed by atoms with Crippen molar-refractivity contribution in [2.24, 2.45) is 0 Å². The quantitative estimate of drug-likeness (QED) is 0.873. The van der Waals surface area contributed by atoms with Crippen LogP contribution in [0.5, 0.6) is 0 Å². The van der Waals surface area contributed by atoms with Crippen molar-refractivity contribution in [2.45, 2.75) is 44.7 Å². The molecule has 0 spiro atoms. The van der Waals surface area contributed by atoms with Gasteiger partial charge in [-0.05, 0) is 60.7 Å². The first kappa shape index (κ1) is 15.9. The Morgan fingerprint density at radius 2 is 2.19 bits per heavy atom. The fourth-order valence-electron chi connectivity index (χ4n) is 3.39. The standard InChI is InChI=1S/C16H25BrN2OS/c1-16(2,19-6-8-20-9-7-19)11-18-13-4-3-5-14-12(13)10-15(17)21-14/h10,13,18H,3-9,11H2,1-2H3. The van der Waals surface area contributed by atoms with Gasteiger partial charge in [0.25, 0.3) is 0 Å². The molecular weight excluding hydrogens is 348 g/mol. The summed E-state index contributed by atoms with van der Waals surface area (Å²) >= 11 is 5.55. The Kier molecular flexibility index (Phi) is 5.06. The molecule has 1 N–H and O–H groups in total. The van der Waals surface area contributed by atoms with Crippen LogP contribution >= 0.6 is 27.3 Å². The minimum absolute atomic E-state index is 0.189. The maximum Gasteiger partial charge on any atom is 0.0704 e. The van der Waals surface area contributed by atoms with Gasteiger partial charge >= 0.3 is 0 Å². The summed E-state index contributed by atoms with van der Waals surface area (Å²) < 4.78 is 6.74. The number of thiophene rings is 1. The Morgan fingerprint density at radius 3 is 2.95 bits per heavy atom. The first-order valence-electron chi connectivity index (χ1n) is 7.90. The molecule has 0 bridgehead atoms. The normalized spacial score (nSPS) is 24.0. The number of rotatable bonds is 4. The topological polar surface area (TPSA) is 24.5 Å². The van der Waals surface area contributed by atoms with E-state index in [4.69, 9.17) is 4.74 Å². The predicted molar refractivity (Wildman–Crippen MR) is 92.2 cm³/mol. The van der Waals surface area contributed by atoms with Crippen LogP contribution in [0.15, 0.2) is 9.85 Å². The van der Waals surface area contributed by atoms with Gasteiger partial charge < -0.3 is 10.1 Å². The van der Waals surface area contributed by atoms with Crippen molar-refractivity contribution in [3.8, 4) is 0 Å². The lowest BCUT2D eigenvalue weighted by Gasteiger charge is -2.42. The summed E-state index contributed by atoms with van der Waals surface area (Å²) in [6, 6.07) is 2.84. The second-order valence-electron chi connectivity index (χ2n) is 6.67. The summed E-state index contributed by atoms with van der Waals surface area (Å²) in [5, 5.41) is 3.83. The highest BCUT2D eigenvalue weighted by molar-refractivity contribution is 9.11. The number of hydrogen-bond acceptors (Lipinski definition) is 4. The van der Waals surface area contributed by atoms with E-state index < -0.39 is 0 Å². The third-order valence-corrected chi connectivity index (χ3v) is 6.45. The molecule has 1 unspecified atom stereocenters. The van der Waals surface area contributed by atoms with Gasteiger partial charge in [-0.3, -0.25) is 4.90 Å². The Labute approximate surface area is 140 Å². The van der Waals surface area contributed by atoms with Crippen molar-refractivity contribution in [2.75, 3.05) is 32.8 Å². The Bertz CT molecular complexity index is 483. The van der Waals surface area contributed by atoms with E-state index in [1.807, 2.05) is 11.3 Å². The molecule has 3 nitrogen and oxygen atoms in total. The van der Waals surface area contributed by atoms with E-state index in [0.29, 0.717) is 6.04 Å². The lowest BCUT2D eigenvalue weighted by molar-refractivity contribution is -0.0105. The molecule has 1 aliphatic heterocycles. The Hall–Kier alpha value is 0.0600. The maximum atomic E-state index is 5.47. The molecule has 1 aliphatic carbocycles. The number of aryl methyl sites for hydroxylation is 1. The smallest absolute Gasteiger partial charge is 0.0704 e. The van der Waals surface area contributed by atoms with Crippen LogP contribution in [-0.2, 0) is 11.2 Å². The molecule has 3 rings (SSSR count). The van der Waals surface area contributed by atoms with Gasteiger partial charge in [-0.2, -0.15) is 0 Å². The summed E-state index contributed by atoms with van der Waals surface area (Å²) in [7, 11) is 0. The summed E-state index contributed by atoms with van der Waals surface area (Å²) in [4.78, 5) is 4.12. The number of halogens is 1. The van der Waals surface area contributed by atoms with Gasteiger partial charge in [0.2, 0.25) is 0 Å². The lowest BCUT2D eigenvalue weighted by Crippen LogP contribution is -2.55. The van der Waals surface area contributed by atoms with Crippen LogP contribution in [-0.4, -0.2) is 43.3 Å². The van der Waals surface area contributed by atoms with Crippen LogP contribution in [0.3, 0.4) is 0 Å². The third-order valence-electron chi connectivity index (χ3n) is 4.73. The van der Waals surface area contributed by atoms with Crippen LogP contribution < -0.4 is 5.32 Å². The van der Waals surface area contributed by atoms with Gasteiger partial charge in [0.05, 0.1) is 17.0 Å². The van der Waals surface area contributed by atoms with Crippen molar-refractivity contribution in [3.63, 3.8) is 0 Å². The van der Waals surface area contributed by atoms with Gasteiger partial charge in [0, 0.05) is 36.1 Å². The molecule has 1 fully saturated rings. The average Bonchev–Trinajstić information content (AvgIpc) is 2.87. The Morgan fingerprint density at radius 1 is 1.43 bits per heavy atom. The number of nitrogens with one attached hydrogen (secondary N) is 1. The van der Waals surface area contributed by atoms with Crippen molar-refractivity contribution in [1.29, 1.82) is 0 Å². The molecule has 118 valence electrons. The van der Waals surface area contributed by atoms with Crippen molar-refractivity contribution >= 4 is 27.3 Å². The van der Waals surface area contributed by atoms with Crippen molar-refractivity contribution in [3.05, 3.63) is 20.3 Å². The molecule has 21 heavy (non-hydrogen) atoms. The van der Waals surface area contributed by atoms with E-state index in [1.165, 1.54) is 28.6 Å².